The Bertz CT molecular complexity index is 1110. The van der Waals surface area contributed by atoms with Gasteiger partial charge in [0.1, 0.15) is 12.2 Å². The van der Waals surface area contributed by atoms with E-state index >= 15 is 0 Å². The summed E-state index contributed by atoms with van der Waals surface area (Å²) in [6.45, 7) is 2.34. The first-order valence-corrected chi connectivity index (χ1v) is 8.52. The molecule has 128 valence electrons. The Hall–Kier alpha value is -3.33. The molecule has 0 N–H and O–H groups in total. The summed E-state index contributed by atoms with van der Waals surface area (Å²) >= 11 is 0. The van der Waals surface area contributed by atoms with Crippen LogP contribution in [0.25, 0.3) is 22.3 Å². The van der Waals surface area contributed by atoms with E-state index in [2.05, 4.69) is 0 Å². The van der Waals surface area contributed by atoms with Gasteiger partial charge in [0.15, 0.2) is 5.76 Å². The monoisotopic (exact) mass is 342 g/mol. The zero-order valence-corrected chi connectivity index (χ0v) is 14.4. The number of ether oxygens (including phenoxy) is 1. The summed E-state index contributed by atoms with van der Waals surface area (Å²) in [6, 6.07) is 24.8. The fourth-order valence-corrected chi connectivity index (χ4v) is 2.96. The highest BCUT2D eigenvalue weighted by atomic mass is 16.5. The first-order valence-electron chi connectivity index (χ1n) is 8.52. The van der Waals surface area contributed by atoms with Gasteiger partial charge in [-0.3, -0.25) is 4.79 Å². The number of hydrogen-bond donors (Lipinski definition) is 0. The minimum Gasteiger partial charge on any atom is -0.481 e. The van der Waals surface area contributed by atoms with E-state index in [1.54, 1.807) is 12.1 Å². The highest BCUT2D eigenvalue weighted by Crippen LogP contribution is 2.31. The second kappa shape index (κ2) is 6.89. The fourth-order valence-electron chi connectivity index (χ4n) is 2.96. The van der Waals surface area contributed by atoms with Gasteiger partial charge in [-0.15, -0.1) is 0 Å². The van der Waals surface area contributed by atoms with Crippen molar-refractivity contribution in [2.24, 2.45) is 0 Å². The van der Waals surface area contributed by atoms with E-state index in [1.807, 2.05) is 73.7 Å². The van der Waals surface area contributed by atoms with Crippen molar-refractivity contribution in [2.45, 2.75) is 13.5 Å². The number of rotatable bonds is 4. The maximum atomic E-state index is 13.0. The van der Waals surface area contributed by atoms with Crippen molar-refractivity contribution in [1.29, 1.82) is 0 Å². The third-order valence-corrected chi connectivity index (χ3v) is 4.43. The smallest absolute Gasteiger partial charge is 0.235 e. The Morgan fingerprint density at radius 2 is 1.54 bits per heavy atom. The Morgan fingerprint density at radius 3 is 2.35 bits per heavy atom. The van der Waals surface area contributed by atoms with Crippen LogP contribution in [-0.4, -0.2) is 0 Å². The minimum absolute atomic E-state index is 0.153. The Kier molecular flexibility index (Phi) is 4.28. The van der Waals surface area contributed by atoms with Crippen molar-refractivity contribution in [3.63, 3.8) is 0 Å². The van der Waals surface area contributed by atoms with E-state index in [4.69, 9.17) is 9.15 Å². The van der Waals surface area contributed by atoms with E-state index in [9.17, 15) is 4.79 Å². The molecule has 1 heterocycles. The van der Waals surface area contributed by atoms with E-state index in [1.165, 1.54) is 0 Å². The molecule has 0 atom stereocenters. The van der Waals surface area contributed by atoms with Crippen LogP contribution in [0.2, 0.25) is 0 Å². The number of para-hydroxylation sites is 1. The van der Waals surface area contributed by atoms with Gasteiger partial charge in [0.2, 0.25) is 11.2 Å². The summed E-state index contributed by atoms with van der Waals surface area (Å²) in [5, 5.41) is 0.520. The summed E-state index contributed by atoms with van der Waals surface area (Å²) in [6.07, 6.45) is 0. The minimum atomic E-state index is -0.153. The standard InChI is InChI=1S/C23H18O3/c1-16-9-5-6-12-18(16)15-25-23-21(24)19-13-7-8-14-20(19)26-22(23)17-10-3-2-4-11-17/h2-14H,15H2,1H3. The van der Waals surface area contributed by atoms with Crippen LogP contribution in [0.4, 0.5) is 0 Å². The Balaban J connectivity index is 1.85. The second-order valence-corrected chi connectivity index (χ2v) is 6.17. The van der Waals surface area contributed by atoms with Crippen LogP contribution in [0.15, 0.2) is 88.1 Å². The third-order valence-electron chi connectivity index (χ3n) is 4.43. The molecule has 4 rings (SSSR count). The first kappa shape index (κ1) is 16.2. The molecular weight excluding hydrogens is 324 g/mol. The molecule has 0 amide bonds. The van der Waals surface area contributed by atoms with Gasteiger partial charge in [-0.2, -0.15) is 0 Å². The van der Waals surface area contributed by atoms with Crippen molar-refractivity contribution >= 4 is 11.0 Å². The second-order valence-electron chi connectivity index (χ2n) is 6.17. The molecule has 0 spiro atoms. The van der Waals surface area contributed by atoms with Gasteiger partial charge in [-0.05, 0) is 30.2 Å². The van der Waals surface area contributed by atoms with Gasteiger partial charge in [-0.25, -0.2) is 0 Å². The molecule has 0 fully saturated rings. The van der Waals surface area contributed by atoms with E-state index in [0.717, 1.165) is 16.7 Å². The van der Waals surface area contributed by atoms with Crippen LogP contribution in [0.1, 0.15) is 11.1 Å². The highest BCUT2D eigenvalue weighted by Gasteiger charge is 2.17. The maximum absolute atomic E-state index is 13.0. The number of aryl methyl sites for hydroxylation is 1. The average Bonchev–Trinajstić information content (AvgIpc) is 2.69. The van der Waals surface area contributed by atoms with Crippen molar-refractivity contribution < 1.29 is 9.15 Å². The molecule has 26 heavy (non-hydrogen) atoms. The van der Waals surface area contributed by atoms with Gasteiger partial charge >= 0.3 is 0 Å². The van der Waals surface area contributed by atoms with Crippen LogP contribution in [0.3, 0.4) is 0 Å². The SMILES string of the molecule is Cc1ccccc1COc1c(-c2ccccc2)oc2ccccc2c1=O. The van der Waals surface area contributed by atoms with Crippen LogP contribution < -0.4 is 10.2 Å². The zero-order valence-electron chi connectivity index (χ0n) is 14.4. The lowest BCUT2D eigenvalue weighted by Crippen LogP contribution is -2.10. The molecule has 0 radical (unpaired) electrons. The lowest BCUT2D eigenvalue weighted by molar-refractivity contribution is 0.297. The largest absolute Gasteiger partial charge is 0.481 e. The number of hydrogen-bond acceptors (Lipinski definition) is 3. The predicted molar refractivity (Wildman–Crippen MR) is 103 cm³/mol. The first-order chi connectivity index (χ1) is 12.7. The fraction of sp³-hybridized carbons (Fsp3) is 0.0870. The van der Waals surface area contributed by atoms with E-state index in [-0.39, 0.29) is 11.2 Å². The van der Waals surface area contributed by atoms with Crippen molar-refractivity contribution in [1.82, 2.24) is 0 Å². The molecule has 0 aliphatic rings. The molecule has 0 aliphatic carbocycles. The van der Waals surface area contributed by atoms with E-state index in [0.29, 0.717) is 23.3 Å². The quantitative estimate of drug-likeness (QED) is 0.502. The van der Waals surface area contributed by atoms with Gasteiger partial charge in [-0.1, -0.05) is 66.7 Å². The zero-order chi connectivity index (χ0) is 17.9. The predicted octanol–water partition coefficient (Wildman–Crippen LogP) is 5.35. The molecule has 4 aromatic rings. The molecule has 0 bridgehead atoms. The van der Waals surface area contributed by atoms with Crippen LogP contribution >= 0.6 is 0 Å². The number of benzene rings is 3. The maximum Gasteiger partial charge on any atom is 0.235 e. The van der Waals surface area contributed by atoms with Crippen molar-refractivity contribution in [2.75, 3.05) is 0 Å². The molecular formula is C23H18O3. The summed E-state index contributed by atoms with van der Waals surface area (Å²) < 4.78 is 12.0. The lowest BCUT2D eigenvalue weighted by Gasteiger charge is -2.12. The Morgan fingerprint density at radius 1 is 0.846 bits per heavy atom. The molecule has 0 unspecified atom stereocenters. The molecule has 1 aromatic heterocycles. The van der Waals surface area contributed by atoms with Gasteiger partial charge in [0.05, 0.1) is 5.39 Å². The van der Waals surface area contributed by atoms with Crippen LogP contribution in [0, 0.1) is 6.92 Å². The molecule has 0 saturated heterocycles. The molecule has 3 aromatic carbocycles. The molecule has 3 nitrogen and oxygen atoms in total. The summed E-state index contributed by atoms with van der Waals surface area (Å²) in [4.78, 5) is 13.0. The summed E-state index contributed by atoms with van der Waals surface area (Å²) in [5.41, 5.74) is 3.38. The molecule has 0 saturated carbocycles. The highest BCUT2D eigenvalue weighted by molar-refractivity contribution is 5.81. The van der Waals surface area contributed by atoms with Gasteiger partial charge in [0, 0.05) is 5.56 Å². The number of fused-ring (bicyclic) bond motifs is 1. The van der Waals surface area contributed by atoms with Crippen LogP contribution in [0.5, 0.6) is 5.75 Å². The average molecular weight is 342 g/mol. The topological polar surface area (TPSA) is 39.4 Å². The Labute approximate surface area is 151 Å². The van der Waals surface area contributed by atoms with Gasteiger partial charge < -0.3 is 9.15 Å². The summed E-state index contributed by atoms with van der Waals surface area (Å²) in [5.74, 6) is 0.709. The van der Waals surface area contributed by atoms with Crippen molar-refractivity contribution in [3.05, 3.63) is 100 Å². The third kappa shape index (κ3) is 3.00. The molecule has 0 aliphatic heterocycles. The van der Waals surface area contributed by atoms with E-state index < -0.39 is 0 Å². The van der Waals surface area contributed by atoms with Crippen LogP contribution in [-0.2, 0) is 6.61 Å². The lowest BCUT2D eigenvalue weighted by atomic mass is 10.1. The molecule has 3 heteroatoms. The van der Waals surface area contributed by atoms with Crippen molar-refractivity contribution in [3.8, 4) is 17.1 Å². The summed E-state index contributed by atoms with van der Waals surface area (Å²) in [7, 11) is 0. The van der Waals surface area contributed by atoms with Gasteiger partial charge in [0.25, 0.3) is 0 Å². The normalized spacial score (nSPS) is 10.8.